The Hall–Kier alpha value is -1.06. The van der Waals surface area contributed by atoms with Crippen molar-refractivity contribution in [2.45, 2.75) is 40.5 Å². The molecule has 0 aromatic carbocycles. The van der Waals surface area contributed by atoms with E-state index in [1.165, 1.54) is 0 Å². The van der Waals surface area contributed by atoms with Gasteiger partial charge in [-0.1, -0.05) is 27.7 Å². The van der Waals surface area contributed by atoms with Gasteiger partial charge in [-0.2, -0.15) is 0 Å². The van der Waals surface area contributed by atoms with Crippen LogP contribution in [0.1, 0.15) is 40.5 Å². The van der Waals surface area contributed by atoms with Crippen molar-refractivity contribution in [1.29, 1.82) is 0 Å². The molecule has 0 saturated heterocycles. The van der Waals surface area contributed by atoms with Gasteiger partial charge in [0.2, 0.25) is 0 Å². The third kappa shape index (κ3) is 2.20. The van der Waals surface area contributed by atoms with E-state index in [1.54, 1.807) is 0 Å². The van der Waals surface area contributed by atoms with Gasteiger partial charge in [0, 0.05) is 0 Å². The molecular formula is C12H20O4. The van der Waals surface area contributed by atoms with Gasteiger partial charge in [-0.05, 0) is 23.7 Å². The Morgan fingerprint density at radius 3 is 1.31 bits per heavy atom. The smallest absolute Gasteiger partial charge is 0.307 e. The zero-order valence-corrected chi connectivity index (χ0v) is 10.3. The highest BCUT2D eigenvalue weighted by Gasteiger charge is 2.68. The van der Waals surface area contributed by atoms with Crippen molar-refractivity contribution < 1.29 is 19.8 Å². The molecule has 16 heavy (non-hydrogen) atoms. The Bertz CT molecular complexity index is 299. The van der Waals surface area contributed by atoms with Gasteiger partial charge in [0.1, 0.15) is 0 Å². The van der Waals surface area contributed by atoms with E-state index in [4.69, 9.17) is 10.2 Å². The summed E-state index contributed by atoms with van der Waals surface area (Å²) >= 11 is 0. The normalized spacial score (nSPS) is 25.2. The maximum absolute atomic E-state index is 10.6. The fraction of sp³-hybridized carbons (Fsp3) is 0.833. The molecule has 0 spiro atoms. The minimum Gasteiger partial charge on any atom is -0.481 e. The molecule has 0 aromatic heterocycles. The molecule has 4 nitrogen and oxygen atoms in total. The first kappa shape index (κ1) is 13.0. The van der Waals surface area contributed by atoms with E-state index < -0.39 is 11.9 Å². The lowest BCUT2D eigenvalue weighted by Gasteiger charge is -2.03. The number of hydrogen-bond acceptors (Lipinski definition) is 2. The Balaban J connectivity index is 0.000000181. The third-order valence-corrected chi connectivity index (χ3v) is 4.19. The van der Waals surface area contributed by atoms with Crippen LogP contribution in [0, 0.1) is 22.7 Å². The monoisotopic (exact) mass is 228 g/mol. The molecule has 0 unspecified atom stereocenters. The molecule has 0 radical (unpaired) electrons. The summed E-state index contributed by atoms with van der Waals surface area (Å²) in [5.41, 5.74) is -0.0301. The van der Waals surface area contributed by atoms with Crippen LogP contribution in [0.5, 0.6) is 0 Å². The van der Waals surface area contributed by atoms with E-state index >= 15 is 0 Å². The molecule has 0 heterocycles. The van der Waals surface area contributed by atoms with Crippen LogP contribution in [-0.4, -0.2) is 22.2 Å². The zero-order chi connectivity index (χ0) is 12.7. The lowest BCUT2D eigenvalue weighted by Crippen LogP contribution is -2.03. The van der Waals surface area contributed by atoms with Crippen molar-refractivity contribution >= 4 is 11.9 Å². The highest BCUT2D eigenvalue weighted by atomic mass is 16.4. The summed E-state index contributed by atoms with van der Waals surface area (Å²) in [5.74, 6) is -1.42. The summed E-state index contributed by atoms with van der Waals surface area (Å²) in [6.45, 7) is 8.02. The van der Waals surface area contributed by atoms with Crippen molar-refractivity contribution in [2.75, 3.05) is 0 Å². The fourth-order valence-corrected chi connectivity index (χ4v) is 2.14. The van der Waals surface area contributed by atoms with Gasteiger partial charge in [0.25, 0.3) is 0 Å². The lowest BCUT2D eigenvalue weighted by molar-refractivity contribution is -0.140. The summed E-state index contributed by atoms with van der Waals surface area (Å²) < 4.78 is 0. The van der Waals surface area contributed by atoms with E-state index in [2.05, 4.69) is 0 Å². The maximum atomic E-state index is 10.6. The van der Waals surface area contributed by atoms with Gasteiger partial charge in [-0.25, -0.2) is 0 Å². The summed E-state index contributed by atoms with van der Waals surface area (Å²) in [6, 6.07) is 0. The first-order chi connectivity index (χ1) is 7.12. The number of carboxylic acids is 2. The number of carboxylic acid groups (broad SMARTS) is 2. The van der Waals surface area contributed by atoms with Crippen molar-refractivity contribution in [2.24, 2.45) is 22.7 Å². The van der Waals surface area contributed by atoms with E-state index in [9.17, 15) is 9.59 Å². The molecule has 2 N–H and O–H groups in total. The van der Waals surface area contributed by atoms with Crippen LogP contribution in [0.4, 0.5) is 0 Å². The van der Waals surface area contributed by atoms with E-state index in [1.807, 2.05) is 27.7 Å². The molecule has 2 saturated carbocycles. The fourth-order valence-electron chi connectivity index (χ4n) is 2.14. The van der Waals surface area contributed by atoms with Gasteiger partial charge in [0.05, 0.1) is 11.8 Å². The first-order valence-electron chi connectivity index (χ1n) is 5.58. The second-order valence-corrected chi connectivity index (χ2v) is 5.83. The summed E-state index contributed by atoms with van der Waals surface area (Å²) in [7, 11) is 0. The molecule has 2 aliphatic rings. The van der Waals surface area contributed by atoms with Crippen molar-refractivity contribution in [1.82, 2.24) is 0 Å². The summed E-state index contributed by atoms with van der Waals surface area (Å²) in [5, 5.41) is 16.8. The lowest BCUT2D eigenvalue weighted by atomic mass is 10.0. The second kappa shape index (κ2) is 3.75. The zero-order valence-electron chi connectivity index (χ0n) is 10.3. The molecule has 0 aromatic rings. The largest absolute Gasteiger partial charge is 0.481 e. The van der Waals surface area contributed by atoms with Crippen molar-refractivity contribution in [3.05, 3.63) is 0 Å². The number of rotatable bonds is 2. The van der Waals surface area contributed by atoms with Crippen molar-refractivity contribution in [3.63, 3.8) is 0 Å². The second-order valence-electron chi connectivity index (χ2n) is 5.83. The van der Waals surface area contributed by atoms with Crippen LogP contribution < -0.4 is 0 Å². The molecule has 0 bridgehead atoms. The Kier molecular flexibility index (Phi) is 3.05. The molecule has 92 valence electrons. The van der Waals surface area contributed by atoms with Gasteiger partial charge in [0.15, 0.2) is 0 Å². The minimum absolute atomic E-state index is 0.0150. The van der Waals surface area contributed by atoms with E-state index in [-0.39, 0.29) is 22.7 Å². The maximum Gasteiger partial charge on any atom is 0.307 e. The predicted octanol–water partition coefficient (Wildman–Crippen LogP) is 2.23. The van der Waals surface area contributed by atoms with Gasteiger partial charge < -0.3 is 10.2 Å². The Morgan fingerprint density at radius 2 is 1.31 bits per heavy atom. The molecule has 0 amide bonds. The Morgan fingerprint density at radius 1 is 0.938 bits per heavy atom. The van der Waals surface area contributed by atoms with Crippen LogP contribution in [0.15, 0.2) is 0 Å². The quantitative estimate of drug-likeness (QED) is 0.760. The van der Waals surface area contributed by atoms with Gasteiger partial charge in [-0.15, -0.1) is 0 Å². The summed E-state index contributed by atoms with van der Waals surface area (Å²) in [4.78, 5) is 20.4. The van der Waals surface area contributed by atoms with Crippen LogP contribution in [0.2, 0.25) is 0 Å². The van der Waals surface area contributed by atoms with E-state index in [0.717, 1.165) is 12.8 Å². The number of hydrogen-bond donors (Lipinski definition) is 2. The van der Waals surface area contributed by atoms with E-state index in [0.29, 0.717) is 0 Å². The molecule has 2 rings (SSSR count). The molecule has 2 aliphatic carbocycles. The highest BCUT2D eigenvalue weighted by Crippen LogP contribution is 2.68. The average Bonchev–Trinajstić information content (AvgIpc) is 2.88. The van der Waals surface area contributed by atoms with Crippen LogP contribution >= 0.6 is 0 Å². The highest BCUT2D eigenvalue weighted by molar-refractivity contribution is 5.76. The molecule has 0 atom stereocenters. The van der Waals surface area contributed by atoms with Crippen LogP contribution in [0.25, 0.3) is 0 Å². The first-order valence-corrected chi connectivity index (χ1v) is 5.58. The topological polar surface area (TPSA) is 74.6 Å². The van der Waals surface area contributed by atoms with Crippen LogP contribution in [0.3, 0.4) is 0 Å². The standard InChI is InChI=1S/C8H14O2.C4H6O2/c1-7(2)5(6(9)10)8(7,3)4;5-4(6)3-1-2-3/h5H,1-4H3,(H,9,10);3H,1-2H2,(H,5,6). The Labute approximate surface area is 95.7 Å². The molecule has 2 fully saturated rings. The molecule has 0 aliphatic heterocycles. The van der Waals surface area contributed by atoms with Crippen molar-refractivity contribution in [3.8, 4) is 0 Å². The minimum atomic E-state index is -0.657. The molecule has 4 heteroatoms. The average molecular weight is 228 g/mol. The van der Waals surface area contributed by atoms with Gasteiger partial charge >= 0.3 is 11.9 Å². The number of aliphatic carboxylic acids is 2. The summed E-state index contributed by atoms with van der Waals surface area (Å²) in [6.07, 6.45) is 1.80. The molecular weight excluding hydrogens is 208 g/mol. The van der Waals surface area contributed by atoms with Crippen LogP contribution in [-0.2, 0) is 9.59 Å². The predicted molar refractivity (Wildman–Crippen MR) is 59.0 cm³/mol. The number of carbonyl (C=O) groups is 2. The SMILES string of the molecule is CC1(C)C(C(=O)O)C1(C)C.O=C(O)C1CC1. The third-order valence-electron chi connectivity index (χ3n) is 4.19. The van der Waals surface area contributed by atoms with Gasteiger partial charge in [-0.3, -0.25) is 9.59 Å².